The minimum Gasteiger partial charge on any atom is -0.508 e. The molecule has 0 aliphatic rings. The van der Waals surface area contributed by atoms with E-state index in [-0.39, 0.29) is 11.7 Å². The smallest absolute Gasteiger partial charge is 0.251 e. The van der Waals surface area contributed by atoms with Crippen LogP contribution < -0.4 is 16.0 Å². The molecule has 0 saturated carbocycles. The topological polar surface area (TPSA) is 85.8 Å². The van der Waals surface area contributed by atoms with Crippen LogP contribution in [0.1, 0.15) is 29.3 Å². The van der Waals surface area contributed by atoms with E-state index in [1.807, 2.05) is 12.3 Å². The first kappa shape index (κ1) is 18.8. The van der Waals surface area contributed by atoms with Gasteiger partial charge in [0, 0.05) is 25.2 Å². The van der Waals surface area contributed by atoms with Crippen molar-refractivity contribution in [2.75, 3.05) is 19.6 Å². The first-order valence-electron chi connectivity index (χ1n) is 8.29. The molecular weight excluding hydrogens is 336 g/mol. The molecule has 0 aliphatic carbocycles. The molecule has 0 bridgehead atoms. The number of phenolic OH excluding ortho intramolecular Hbond substituents is 1. The van der Waals surface area contributed by atoms with Gasteiger partial charge in [0.15, 0.2) is 5.96 Å². The van der Waals surface area contributed by atoms with E-state index < -0.39 is 0 Å². The molecular formula is C18H24N4O2S. The highest BCUT2D eigenvalue weighted by atomic mass is 32.1. The summed E-state index contributed by atoms with van der Waals surface area (Å²) in [5.74, 6) is 0.674. The molecule has 0 radical (unpaired) electrons. The Morgan fingerprint density at radius 3 is 2.76 bits per heavy atom. The van der Waals surface area contributed by atoms with Crippen LogP contribution in [-0.2, 0) is 6.54 Å². The van der Waals surface area contributed by atoms with Gasteiger partial charge in [0.05, 0.1) is 6.54 Å². The number of carbonyl (C=O) groups is 1. The molecule has 0 spiro atoms. The summed E-state index contributed by atoms with van der Waals surface area (Å²) < 4.78 is 0. The highest BCUT2D eigenvalue weighted by Crippen LogP contribution is 2.10. The molecule has 25 heavy (non-hydrogen) atoms. The maximum Gasteiger partial charge on any atom is 0.251 e. The van der Waals surface area contributed by atoms with Crippen LogP contribution in [0.2, 0.25) is 0 Å². The summed E-state index contributed by atoms with van der Waals surface area (Å²) in [4.78, 5) is 16.5. The lowest BCUT2D eigenvalue weighted by Crippen LogP contribution is -2.38. The van der Waals surface area contributed by atoms with Crippen LogP contribution in [0.15, 0.2) is 46.1 Å². The zero-order valence-electron chi connectivity index (χ0n) is 14.3. The van der Waals surface area contributed by atoms with Crippen LogP contribution in [0.25, 0.3) is 0 Å². The van der Waals surface area contributed by atoms with Crippen LogP contribution >= 0.6 is 11.3 Å². The van der Waals surface area contributed by atoms with Crippen LogP contribution in [0.3, 0.4) is 0 Å². The second-order valence-corrected chi connectivity index (χ2v) is 6.19. The third-order valence-electron chi connectivity index (χ3n) is 3.38. The van der Waals surface area contributed by atoms with Gasteiger partial charge in [-0.2, -0.15) is 11.3 Å². The molecule has 4 N–H and O–H groups in total. The predicted molar refractivity (Wildman–Crippen MR) is 102 cm³/mol. The lowest BCUT2D eigenvalue weighted by atomic mass is 10.2. The fourth-order valence-electron chi connectivity index (χ4n) is 2.14. The number of thiophene rings is 1. The number of phenols is 1. The maximum atomic E-state index is 12.0. The van der Waals surface area contributed by atoms with Crippen LogP contribution in [0.4, 0.5) is 0 Å². The molecule has 7 heteroatoms. The number of hydrogen-bond acceptors (Lipinski definition) is 4. The minimum absolute atomic E-state index is 0.0893. The van der Waals surface area contributed by atoms with Crippen molar-refractivity contribution in [2.45, 2.75) is 19.9 Å². The van der Waals surface area contributed by atoms with E-state index in [1.165, 1.54) is 11.6 Å². The zero-order valence-corrected chi connectivity index (χ0v) is 15.1. The number of nitrogens with zero attached hydrogens (tertiary/aromatic N) is 1. The Bertz CT molecular complexity index is 686. The van der Waals surface area contributed by atoms with E-state index in [0.717, 1.165) is 18.9 Å². The molecule has 2 rings (SSSR count). The van der Waals surface area contributed by atoms with Crippen molar-refractivity contribution in [3.63, 3.8) is 0 Å². The first-order chi connectivity index (χ1) is 12.2. The number of hydrogen-bond donors (Lipinski definition) is 4. The molecule has 0 saturated heterocycles. The summed E-state index contributed by atoms with van der Waals surface area (Å²) in [6.45, 7) is 4.72. The molecule has 0 fully saturated rings. The molecule has 2 aromatic rings. The number of rotatable bonds is 8. The Balaban J connectivity index is 1.69. The Kier molecular flexibility index (Phi) is 7.78. The fraction of sp³-hybridized carbons (Fsp3) is 0.333. The van der Waals surface area contributed by atoms with Crippen molar-refractivity contribution in [3.8, 4) is 5.75 Å². The van der Waals surface area contributed by atoms with E-state index in [0.29, 0.717) is 25.2 Å². The summed E-state index contributed by atoms with van der Waals surface area (Å²) in [7, 11) is 0. The van der Waals surface area contributed by atoms with E-state index in [9.17, 15) is 9.90 Å². The highest BCUT2D eigenvalue weighted by Gasteiger charge is 2.05. The quantitative estimate of drug-likeness (QED) is 0.331. The summed E-state index contributed by atoms with van der Waals surface area (Å²) in [5.41, 5.74) is 1.65. The van der Waals surface area contributed by atoms with E-state index in [4.69, 9.17) is 0 Å². The third kappa shape index (κ3) is 6.84. The lowest BCUT2D eigenvalue weighted by Gasteiger charge is -2.11. The van der Waals surface area contributed by atoms with Gasteiger partial charge in [-0.05, 0) is 53.9 Å². The van der Waals surface area contributed by atoms with E-state index in [2.05, 4.69) is 32.4 Å². The maximum absolute atomic E-state index is 12.0. The number of benzene rings is 1. The molecule has 1 aromatic carbocycles. The van der Waals surface area contributed by atoms with Crippen molar-refractivity contribution >= 4 is 23.2 Å². The molecule has 1 heterocycles. The van der Waals surface area contributed by atoms with Crippen LogP contribution in [-0.4, -0.2) is 36.6 Å². The molecule has 1 amide bonds. The first-order valence-corrected chi connectivity index (χ1v) is 9.24. The Hall–Kier alpha value is -2.54. The van der Waals surface area contributed by atoms with Crippen molar-refractivity contribution in [2.24, 2.45) is 4.99 Å². The van der Waals surface area contributed by atoms with Gasteiger partial charge < -0.3 is 21.1 Å². The van der Waals surface area contributed by atoms with Gasteiger partial charge in [-0.1, -0.05) is 6.07 Å². The monoisotopic (exact) mass is 360 g/mol. The van der Waals surface area contributed by atoms with Crippen LogP contribution in [0, 0.1) is 0 Å². The van der Waals surface area contributed by atoms with E-state index in [1.54, 1.807) is 29.5 Å². The number of aliphatic imine (C=N–C) groups is 1. The molecule has 6 nitrogen and oxygen atoms in total. The van der Waals surface area contributed by atoms with Crippen molar-refractivity contribution in [1.29, 1.82) is 0 Å². The van der Waals surface area contributed by atoms with Gasteiger partial charge in [-0.25, -0.2) is 4.99 Å². The summed E-state index contributed by atoms with van der Waals surface area (Å²) in [5, 5.41) is 22.8. The van der Waals surface area contributed by atoms with Gasteiger partial charge in [0.25, 0.3) is 5.91 Å². The van der Waals surface area contributed by atoms with Gasteiger partial charge >= 0.3 is 0 Å². The standard InChI is InChI=1S/C18H24N4O2S/c1-2-19-18(22-12-14-7-10-25-13-14)21-9-4-8-20-17(24)15-5-3-6-16(23)11-15/h3,5-7,10-11,13,23H,2,4,8-9,12H2,1H3,(H,20,24)(H2,19,21,22). The van der Waals surface area contributed by atoms with Gasteiger partial charge in [0.1, 0.15) is 5.75 Å². The highest BCUT2D eigenvalue weighted by molar-refractivity contribution is 7.07. The Morgan fingerprint density at radius 1 is 1.20 bits per heavy atom. The summed E-state index contributed by atoms with van der Waals surface area (Å²) in [6, 6.07) is 8.38. The number of nitrogens with one attached hydrogen (secondary N) is 3. The molecule has 0 atom stereocenters. The number of aromatic hydroxyl groups is 1. The molecule has 0 aliphatic heterocycles. The van der Waals surface area contributed by atoms with Gasteiger partial charge in [-0.3, -0.25) is 4.79 Å². The number of amides is 1. The van der Waals surface area contributed by atoms with E-state index >= 15 is 0 Å². The molecule has 1 aromatic heterocycles. The normalized spacial score (nSPS) is 11.2. The second kappa shape index (κ2) is 10.4. The Morgan fingerprint density at radius 2 is 2.04 bits per heavy atom. The Labute approximate surface area is 152 Å². The summed E-state index contributed by atoms with van der Waals surface area (Å²) in [6.07, 6.45) is 0.771. The summed E-state index contributed by atoms with van der Waals surface area (Å²) >= 11 is 1.66. The number of guanidine groups is 1. The number of carbonyl (C=O) groups excluding carboxylic acids is 1. The van der Waals surface area contributed by atoms with Crippen molar-refractivity contribution in [1.82, 2.24) is 16.0 Å². The zero-order chi connectivity index (χ0) is 17.9. The van der Waals surface area contributed by atoms with Crippen molar-refractivity contribution < 1.29 is 9.90 Å². The van der Waals surface area contributed by atoms with Crippen LogP contribution in [0.5, 0.6) is 5.75 Å². The molecule has 134 valence electrons. The van der Waals surface area contributed by atoms with Gasteiger partial charge in [-0.15, -0.1) is 0 Å². The largest absolute Gasteiger partial charge is 0.508 e. The van der Waals surface area contributed by atoms with Gasteiger partial charge in [0.2, 0.25) is 0 Å². The molecule has 0 unspecified atom stereocenters. The third-order valence-corrected chi connectivity index (χ3v) is 4.12. The SMILES string of the molecule is CCNC(=NCc1ccsc1)NCCCNC(=O)c1cccc(O)c1. The predicted octanol–water partition coefficient (Wildman–Crippen LogP) is 2.33. The fourth-order valence-corrected chi connectivity index (χ4v) is 2.80. The average molecular weight is 360 g/mol. The average Bonchev–Trinajstić information content (AvgIpc) is 3.12. The second-order valence-electron chi connectivity index (χ2n) is 5.41. The van der Waals surface area contributed by atoms with Crippen molar-refractivity contribution in [3.05, 3.63) is 52.2 Å². The lowest BCUT2D eigenvalue weighted by molar-refractivity contribution is 0.0953. The minimum atomic E-state index is -0.186.